The molecule has 0 spiro atoms. The van der Waals surface area contributed by atoms with Crippen LogP contribution in [0.3, 0.4) is 0 Å². The molecule has 0 heterocycles. The van der Waals surface area contributed by atoms with Gasteiger partial charge in [0.1, 0.15) is 5.75 Å². The Morgan fingerprint density at radius 3 is 2.32 bits per heavy atom. The molecule has 4 heteroatoms. The zero-order valence-electron chi connectivity index (χ0n) is 12.9. The van der Waals surface area contributed by atoms with E-state index in [4.69, 9.17) is 21.3 Å². The highest BCUT2D eigenvalue weighted by Gasteiger charge is 1.98. The smallest absolute Gasteiger partial charge is 0.186 e. The van der Waals surface area contributed by atoms with Crippen molar-refractivity contribution in [2.75, 3.05) is 13.3 Å². The molecule has 126 valence electrons. The lowest BCUT2D eigenvalue weighted by atomic mass is 10.1. The molecule has 1 aromatic carbocycles. The van der Waals surface area contributed by atoms with Gasteiger partial charge in [0, 0.05) is 6.04 Å². The normalized spacial score (nSPS) is 10.5. The molecule has 0 saturated carbocycles. The third-order valence-corrected chi connectivity index (χ3v) is 2.84. The van der Waals surface area contributed by atoms with E-state index in [0.29, 0.717) is 11.8 Å². The second kappa shape index (κ2) is 14.3. The summed E-state index contributed by atoms with van der Waals surface area (Å²) in [6, 6.07) is 5.80. The van der Waals surface area contributed by atoms with Gasteiger partial charge < -0.3 is 21.3 Å². The maximum atomic E-state index is 8.54. The van der Waals surface area contributed by atoms with Crippen LogP contribution in [0.25, 0.3) is 12.2 Å². The van der Waals surface area contributed by atoms with Crippen LogP contribution in [-0.2, 0) is 0 Å². The topological polar surface area (TPSA) is 81.5 Å². The van der Waals surface area contributed by atoms with Crippen molar-refractivity contribution in [2.24, 2.45) is 11.5 Å². The van der Waals surface area contributed by atoms with Gasteiger partial charge in [-0.15, -0.1) is 0 Å². The summed E-state index contributed by atoms with van der Waals surface area (Å²) >= 11 is 0. The van der Waals surface area contributed by atoms with E-state index in [1.54, 1.807) is 24.3 Å². The number of ether oxygens (including phenoxy) is 1. The highest BCUT2D eigenvalue weighted by atomic mass is 16.6. The van der Waals surface area contributed by atoms with Crippen molar-refractivity contribution in [1.82, 2.24) is 0 Å². The standard InChI is InChI=1S/C11H12O2.C6H16N2.CH4/c1-3-9-5-6-11(13-8-12)7-10(9)4-2;1-6(8)4-2-3-5-7;/h3-7,12H,1-2,8H2;6H,2-5,7-8H2,1H3;1H4. The predicted molar refractivity (Wildman–Crippen MR) is 97.6 cm³/mol. The summed E-state index contributed by atoms with van der Waals surface area (Å²) in [6.45, 7) is 9.86. The maximum Gasteiger partial charge on any atom is 0.186 e. The minimum Gasteiger partial charge on any atom is -0.468 e. The minimum atomic E-state index is -0.315. The Hall–Kier alpha value is -1.62. The fraction of sp³-hybridized carbons (Fsp3) is 0.444. The van der Waals surface area contributed by atoms with Gasteiger partial charge in [-0.3, -0.25) is 0 Å². The van der Waals surface area contributed by atoms with Crippen molar-refractivity contribution in [3.8, 4) is 5.75 Å². The first-order valence-corrected chi connectivity index (χ1v) is 7.17. The Balaban J connectivity index is 0. The highest BCUT2D eigenvalue weighted by Crippen LogP contribution is 2.19. The molecule has 0 radical (unpaired) electrons. The lowest BCUT2D eigenvalue weighted by Crippen LogP contribution is -2.14. The molecule has 1 aromatic rings. The van der Waals surface area contributed by atoms with Crippen molar-refractivity contribution in [2.45, 2.75) is 39.7 Å². The zero-order chi connectivity index (χ0) is 16.1. The van der Waals surface area contributed by atoms with E-state index in [0.717, 1.165) is 30.5 Å². The van der Waals surface area contributed by atoms with Gasteiger partial charge in [-0.1, -0.05) is 45.2 Å². The van der Waals surface area contributed by atoms with Gasteiger partial charge in [0.15, 0.2) is 6.79 Å². The molecule has 1 rings (SSSR count). The number of unbranched alkanes of at least 4 members (excludes halogenated alkanes) is 1. The van der Waals surface area contributed by atoms with Gasteiger partial charge in [-0.2, -0.15) is 0 Å². The molecule has 4 nitrogen and oxygen atoms in total. The molecule has 0 aliphatic carbocycles. The molecule has 22 heavy (non-hydrogen) atoms. The summed E-state index contributed by atoms with van der Waals surface area (Å²) in [7, 11) is 0. The predicted octanol–water partition coefficient (Wildman–Crippen LogP) is 3.40. The summed E-state index contributed by atoms with van der Waals surface area (Å²) in [5.74, 6) is 0.628. The lowest BCUT2D eigenvalue weighted by molar-refractivity contribution is 0.0985. The maximum absolute atomic E-state index is 8.54. The van der Waals surface area contributed by atoms with Crippen LogP contribution in [0.5, 0.6) is 5.75 Å². The molecule has 0 aliphatic heterocycles. The second-order valence-corrected chi connectivity index (χ2v) is 4.73. The monoisotopic (exact) mass is 308 g/mol. The third-order valence-electron chi connectivity index (χ3n) is 2.84. The molecular formula is C18H32N2O2. The summed E-state index contributed by atoms with van der Waals surface area (Å²) in [5, 5.41) is 8.54. The fourth-order valence-electron chi connectivity index (χ4n) is 1.69. The first kappa shape index (κ1) is 22.7. The number of hydrogen-bond donors (Lipinski definition) is 3. The quantitative estimate of drug-likeness (QED) is 0.508. The number of aliphatic hydroxyl groups excluding tert-OH is 1. The van der Waals surface area contributed by atoms with E-state index in [-0.39, 0.29) is 14.2 Å². The third kappa shape index (κ3) is 10.2. The number of benzene rings is 1. The highest BCUT2D eigenvalue weighted by molar-refractivity contribution is 5.65. The minimum absolute atomic E-state index is 0. The molecule has 0 saturated heterocycles. The van der Waals surface area contributed by atoms with Gasteiger partial charge >= 0.3 is 0 Å². The summed E-state index contributed by atoms with van der Waals surface area (Å²) in [4.78, 5) is 0. The van der Waals surface area contributed by atoms with E-state index < -0.39 is 0 Å². The van der Waals surface area contributed by atoms with E-state index in [9.17, 15) is 0 Å². The lowest BCUT2D eigenvalue weighted by Gasteiger charge is -2.05. The fourth-order valence-corrected chi connectivity index (χ4v) is 1.69. The van der Waals surface area contributed by atoms with Crippen LogP contribution in [0.15, 0.2) is 31.4 Å². The largest absolute Gasteiger partial charge is 0.468 e. The van der Waals surface area contributed by atoms with Crippen LogP contribution in [0.4, 0.5) is 0 Å². The van der Waals surface area contributed by atoms with Gasteiger partial charge in [0.2, 0.25) is 0 Å². The molecule has 0 fully saturated rings. The van der Waals surface area contributed by atoms with E-state index in [1.165, 1.54) is 6.42 Å². The Labute approximate surface area is 135 Å². The Bertz CT molecular complexity index is 418. The van der Waals surface area contributed by atoms with Crippen LogP contribution in [0, 0.1) is 0 Å². The first-order valence-electron chi connectivity index (χ1n) is 7.17. The molecule has 0 aromatic heterocycles. The summed E-state index contributed by atoms with van der Waals surface area (Å²) < 4.78 is 4.92. The van der Waals surface area contributed by atoms with Gasteiger partial charge in [-0.25, -0.2) is 0 Å². The van der Waals surface area contributed by atoms with E-state index >= 15 is 0 Å². The van der Waals surface area contributed by atoms with Crippen molar-refractivity contribution in [1.29, 1.82) is 0 Å². The number of aliphatic hydroxyl groups is 1. The second-order valence-electron chi connectivity index (χ2n) is 4.73. The Morgan fingerprint density at radius 2 is 1.86 bits per heavy atom. The average Bonchev–Trinajstić information content (AvgIpc) is 2.48. The summed E-state index contributed by atoms with van der Waals surface area (Å²) in [5.41, 5.74) is 12.7. The molecular weight excluding hydrogens is 276 g/mol. The molecule has 1 atom stereocenters. The van der Waals surface area contributed by atoms with Crippen molar-refractivity contribution in [3.05, 3.63) is 42.5 Å². The number of hydrogen-bond acceptors (Lipinski definition) is 4. The van der Waals surface area contributed by atoms with E-state index in [1.807, 2.05) is 13.0 Å². The SMILES string of the molecule is C.C=Cc1ccc(OCO)cc1C=C.CC(N)CCCCN. The van der Waals surface area contributed by atoms with Crippen LogP contribution in [-0.4, -0.2) is 24.5 Å². The molecule has 5 N–H and O–H groups in total. The molecule has 0 amide bonds. The molecule has 0 aliphatic rings. The van der Waals surface area contributed by atoms with Crippen LogP contribution >= 0.6 is 0 Å². The molecule has 0 bridgehead atoms. The van der Waals surface area contributed by atoms with Crippen LogP contribution < -0.4 is 16.2 Å². The van der Waals surface area contributed by atoms with Crippen LogP contribution in [0.1, 0.15) is 44.7 Å². The average molecular weight is 308 g/mol. The number of rotatable bonds is 8. The summed E-state index contributed by atoms with van der Waals surface area (Å²) in [6.07, 6.45) is 6.87. The van der Waals surface area contributed by atoms with Gasteiger partial charge in [0.05, 0.1) is 0 Å². The van der Waals surface area contributed by atoms with Gasteiger partial charge in [-0.05, 0) is 49.6 Å². The van der Waals surface area contributed by atoms with Crippen molar-refractivity contribution in [3.63, 3.8) is 0 Å². The zero-order valence-corrected chi connectivity index (χ0v) is 12.9. The Morgan fingerprint density at radius 1 is 1.23 bits per heavy atom. The van der Waals surface area contributed by atoms with Gasteiger partial charge in [0.25, 0.3) is 0 Å². The first-order chi connectivity index (χ1) is 10.1. The van der Waals surface area contributed by atoms with E-state index in [2.05, 4.69) is 13.2 Å². The molecule has 1 unspecified atom stereocenters. The van der Waals surface area contributed by atoms with Crippen molar-refractivity contribution < 1.29 is 9.84 Å². The van der Waals surface area contributed by atoms with Crippen LogP contribution in [0.2, 0.25) is 0 Å². The van der Waals surface area contributed by atoms with Crippen molar-refractivity contribution >= 4 is 12.2 Å². The Kier molecular flexibility index (Phi) is 14.8. The number of nitrogens with two attached hydrogens (primary N) is 2.